The quantitative estimate of drug-likeness (QED) is 0.929. The van der Waals surface area contributed by atoms with Crippen molar-refractivity contribution in [1.29, 1.82) is 0 Å². The van der Waals surface area contributed by atoms with Gasteiger partial charge in [0.1, 0.15) is 11.9 Å². The van der Waals surface area contributed by atoms with Gasteiger partial charge in [0, 0.05) is 17.5 Å². The molecule has 0 spiro atoms. The minimum Gasteiger partial charge on any atom is -0.497 e. The summed E-state index contributed by atoms with van der Waals surface area (Å²) in [6, 6.07) is 7.93. The van der Waals surface area contributed by atoms with Gasteiger partial charge in [-0.1, -0.05) is 6.07 Å². The van der Waals surface area contributed by atoms with Crippen LogP contribution in [0.4, 0.5) is 0 Å². The largest absolute Gasteiger partial charge is 0.497 e. The predicted molar refractivity (Wildman–Crippen MR) is 79.1 cm³/mol. The van der Waals surface area contributed by atoms with E-state index in [9.17, 15) is 0 Å². The van der Waals surface area contributed by atoms with E-state index in [1.165, 1.54) is 6.42 Å². The molecule has 2 atom stereocenters. The van der Waals surface area contributed by atoms with Crippen molar-refractivity contribution in [3.05, 3.63) is 30.5 Å². The van der Waals surface area contributed by atoms with Crippen LogP contribution in [0.1, 0.15) is 19.3 Å². The van der Waals surface area contributed by atoms with Crippen LogP contribution in [0.3, 0.4) is 0 Å². The fourth-order valence-electron chi connectivity index (χ4n) is 2.91. The van der Waals surface area contributed by atoms with Crippen molar-refractivity contribution < 1.29 is 9.47 Å². The SMILES string of the molecule is COc1ccc2ccnc(OC3CCCC3CN)c2c1. The molecule has 4 heteroatoms. The third-order valence-electron chi connectivity index (χ3n) is 4.09. The van der Waals surface area contributed by atoms with Crippen LogP contribution in [0.25, 0.3) is 10.8 Å². The Morgan fingerprint density at radius 3 is 3.00 bits per heavy atom. The second kappa shape index (κ2) is 5.67. The van der Waals surface area contributed by atoms with Crippen LogP contribution < -0.4 is 15.2 Å². The van der Waals surface area contributed by atoms with Gasteiger partial charge in [-0.05, 0) is 49.4 Å². The van der Waals surface area contributed by atoms with E-state index in [4.69, 9.17) is 15.2 Å². The van der Waals surface area contributed by atoms with Crippen molar-refractivity contribution in [2.45, 2.75) is 25.4 Å². The van der Waals surface area contributed by atoms with Crippen molar-refractivity contribution in [2.75, 3.05) is 13.7 Å². The molecule has 0 saturated heterocycles. The Bertz CT molecular complexity index is 600. The minimum absolute atomic E-state index is 0.185. The predicted octanol–water partition coefficient (Wildman–Crippen LogP) is 2.75. The molecule has 4 nitrogen and oxygen atoms in total. The van der Waals surface area contributed by atoms with Gasteiger partial charge in [0.15, 0.2) is 0 Å². The number of nitrogens with two attached hydrogens (primary N) is 1. The lowest BCUT2D eigenvalue weighted by molar-refractivity contribution is 0.158. The molecule has 1 aliphatic rings. The van der Waals surface area contributed by atoms with Crippen LogP contribution in [0.2, 0.25) is 0 Å². The second-order valence-corrected chi connectivity index (χ2v) is 5.29. The second-order valence-electron chi connectivity index (χ2n) is 5.29. The van der Waals surface area contributed by atoms with Gasteiger partial charge >= 0.3 is 0 Å². The highest BCUT2D eigenvalue weighted by Gasteiger charge is 2.28. The summed E-state index contributed by atoms with van der Waals surface area (Å²) in [5, 5.41) is 2.10. The zero-order valence-electron chi connectivity index (χ0n) is 11.7. The van der Waals surface area contributed by atoms with Gasteiger partial charge in [-0.25, -0.2) is 4.98 Å². The number of methoxy groups -OCH3 is 1. The van der Waals surface area contributed by atoms with E-state index in [1.807, 2.05) is 24.3 Å². The fourth-order valence-corrected chi connectivity index (χ4v) is 2.91. The molecule has 2 N–H and O–H groups in total. The molecule has 0 aliphatic heterocycles. The molecular weight excluding hydrogens is 252 g/mol. The number of hydrogen-bond acceptors (Lipinski definition) is 4. The monoisotopic (exact) mass is 272 g/mol. The van der Waals surface area contributed by atoms with Crippen molar-refractivity contribution in [2.24, 2.45) is 11.7 Å². The molecule has 0 amide bonds. The molecule has 20 heavy (non-hydrogen) atoms. The topological polar surface area (TPSA) is 57.4 Å². The average molecular weight is 272 g/mol. The summed E-state index contributed by atoms with van der Waals surface area (Å²) >= 11 is 0. The van der Waals surface area contributed by atoms with Crippen molar-refractivity contribution in [3.63, 3.8) is 0 Å². The first kappa shape index (κ1) is 13.2. The van der Waals surface area contributed by atoms with Crippen LogP contribution in [0.5, 0.6) is 11.6 Å². The van der Waals surface area contributed by atoms with E-state index in [-0.39, 0.29) is 6.10 Å². The van der Waals surface area contributed by atoms with E-state index >= 15 is 0 Å². The highest BCUT2D eigenvalue weighted by atomic mass is 16.5. The summed E-state index contributed by atoms with van der Waals surface area (Å²) in [5.74, 6) is 1.95. The zero-order chi connectivity index (χ0) is 13.9. The third-order valence-corrected chi connectivity index (χ3v) is 4.09. The highest BCUT2D eigenvalue weighted by molar-refractivity contribution is 5.87. The lowest BCUT2D eigenvalue weighted by Crippen LogP contribution is -2.28. The molecule has 3 rings (SSSR count). The Balaban J connectivity index is 1.94. The highest BCUT2D eigenvalue weighted by Crippen LogP contribution is 2.32. The maximum atomic E-state index is 6.14. The number of hydrogen-bond donors (Lipinski definition) is 1. The Morgan fingerprint density at radius 1 is 1.30 bits per heavy atom. The van der Waals surface area contributed by atoms with Crippen LogP contribution in [0, 0.1) is 5.92 Å². The molecule has 2 unspecified atom stereocenters. The first-order valence-corrected chi connectivity index (χ1v) is 7.11. The summed E-state index contributed by atoms with van der Waals surface area (Å²) in [5.41, 5.74) is 5.82. The van der Waals surface area contributed by atoms with Crippen molar-refractivity contribution in [1.82, 2.24) is 4.98 Å². The minimum atomic E-state index is 0.185. The third kappa shape index (κ3) is 2.43. The number of ether oxygens (including phenoxy) is 2. The fraction of sp³-hybridized carbons (Fsp3) is 0.438. The molecular formula is C16H20N2O2. The lowest BCUT2D eigenvalue weighted by Gasteiger charge is -2.20. The van der Waals surface area contributed by atoms with Gasteiger partial charge in [0.05, 0.1) is 7.11 Å². The Kier molecular flexibility index (Phi) is 3.74. The van der Waals surface area contributed by atoms with Crippen LogP contribution in [0.15, 0.2) is 30.5 Å². The normalized spacial score (nSPS) is 22.1. The van der Waals surface area contributed by atoms with Gasteiger partial charge in [0.25, 0.3) is 0 Å². The summed E-state index contributed by atoms with van der Waals surface area (Å²) in [7, 11) is 1.67. The van der Waals surface area contributed by atoms with Crippen LogP contribution in [-0.4, -0.2) is 24.7 Å². The maximum absolute atomic E-state index is 6.14. The van der Waals surface area contributed by atoms with Gasteiger partial charge in [-0.15, -0.1) is 0 Å². The van der Waals surface area contributed by atoms with Gasteiger partial charge in [-0.2, -0.15) is 0 Å². The van der Waals surface area contributed by atoms with E-state index in [2.05, 4.69) is 4.98 Å². The number of aromatic nitrogens is 1. The van der Waals surface area contributed by atoms with Gasteiger partial charge < -0.3 is 15.2 Å². The lowest BCUT2D eigenvalue weighted by atomic mass is 10.1. The molecule has 2 aromatic rings. The molecule has 1 aromatic carbocycles. The molecule has 1 aromatic heterocycles. The molecule has 1 heterocycles. The smallest absolute Gasteiger partial charge is 0.221 e. The van der Waals surface area contributed by atoms with Crippen molar-refractivity contribution >= 4 is 10.8 Å². The summed E-state index contributed by atoms with van der Waals surface area (Å²) < 4.78 is 11.4. The molecule has 1 saturated carbocycles. The van der Waals surface area contributed by atoms with Crippen molar-refractivity contribution in [3.8, 4) is 11.6 Å². The van der Waals surface area contributed by atoms with Gasteiger partial charge in [-0.3, -0.25) is 0 Å². The molecule has 1 aliphatic carbocycles. The number of pyridine rings is 1. The van der Waals surface area contributed by atoms with E-state index < -0.39 is 0 Å². The van der Waals surface area contributed by atoms with Gasteiger partial charge in [0.2, 0.25) is 5.88 Å². The molecule has 106 valence electrons. The number of fused-ring (bicyclic) bond motifs is 1. The van der Waals surface area contributed by atoms with E-state index in [1.54, 1.807) is 13.3 Å². The summed E-state index contributed by atoms with van der Waals surface area (Å²) in [4.78, 5) is 4.40. The van der Waals surface area contributed by atoms with E-state index in [0.717, 1.165) is 29.4 Å². The Labute approximate surface area is 118 Å². The summed E-state index contributed by atoms with van der Waals surface area (Å²) in [6.45, 7) is 0.679. The number of nitrogens with zero attached hydrogens (tertiary/aromatic N) is 1. The average Bonchev–Trinajstić information content (AvgIpc) is 2.94. The number of benzene rings is 1. The first-order valence-electron chi connectivity index (χ1n) is 7.11. The van der Waals surface area contributed by atoms with E-state index in [0.29, 0.717) is 18.3 Å². The maximum Gasteiger partial charge on any atom is 0.221 e. The number of rotatable bonds is 4. The van der Waals surface area contributed by atoms with Crippen LogP contribution >= 0.6 is 0 Å². The molecule has 0 radical (unpaired) electrons. The molecule has 1 fully saturated rings. The standard InChI is InChI=1S/C16H20N2O2/c1-19-13-6-5-11-7-8-18-16(14(11)9-13)20-15-4-2-3-12(15)10-17/h5-9,12,15H,2-4,10,17H2,1H3. The molecule has 0 bridgehead atoms. The zero-order valence-corrected chi connectivity index (χ0v) is 11.7. The Morgan fingerprint density at radius 2 is 2.20 bits per heavy atom. The Hall–Kier alpha value is -1.81. The first-order chi connectivity index (χ1) is 9.81. The summed E-state index contributed by atoms with van der Waals surface area (Å²) in [6.07, 6.45) is 5.36. The van der Waals surface area contributed by atoms with Crippen LogP contribution in [-0.2, 0) is 0 Å².